The number of ether oxygens (including phenoxy) is 1. The summed E-state index contributed by atoms with van der Waals surface area (Å²) in [6.45, 7) is 12.3. The number of aliphatic carboxylic acids is 1. The molecule has 0 fully saturated rings. The molecule has 21 heteroatoms. The van der Waals surface area contributed by atoms with E-state index in [2.05, 4.69) is 49.6 Å². The van der Waals surface area contributed by atoms with Gasteiger partial charge >= 0.3 is 30.9 Å². The standard InChI is InChI=1S/C33H25F9N2O3.C8H19N.C4H6F3NO2/c34-24-13-11-22(12-14-24)31(19-21-9-5-2-6-10-21,23-16-25(35)18-26(17-23)47-33(41,42)30(36)37)44-29(46)28(32(38,39)40)43-27(45)15-20-7-3-1-4-8-20;1-6-9(7(2)3)8(4)5;1-8-2(3(9)10)4(5,6)7/h1-14,16-18,28,30H,15,19H2,(H,43,45)(H,44,46);7-8H,6H2,1-5H3;2,8H,1H3,(H,9,10)/t28?,31-;;/m1../s1. The van der Waals surface area contributed by atoms with Gasteiger partial charge in [0.05, 0.1) is 12.0 Å². The summed E-state index contributed by atoms with van der Waals surface area (Å²) in [4.78, 5) is 38.5. The Morgan fingerprint density at radius 3 is 1.58 bits per heavy atom. The molecular weight excluding hydrogens is 904 g/mol. The summed E-state index contributed by atoms with van der Waals surface area (Å²) in [7, 11) is 0.937. The first-order valence-electron chi connectivity index (χ1n) is 20.0. The highest BCUT2D eigenvalue weighted by Gasteiger charge is 2.50. The van der Waals surface area contributed by atoms with Crippen LogP contribution < -0.4 is 20.7 Å². The van der Waals surface area contributed by atoms with Crippen molar-refractivity contribution in [1.82, 2.24) is 20.9 Å². The second-order valence-electron chi connectivity index (χ2n) is 15.0. The van der Waals surface area contributed by atoms with Gasteiger partial charge in [0.25, 0.3) is 5.91 Å². The smallest absolute Gasteiger partial charge is 0.461 e. The van der Waals surface area contributed by atoms with Gasteiger partial charge in [0.2, 0.25) is 18.0 Å². The van der Waals surface area contributed by atoms with Crippen LogP contribution in [0.3, 0.4) is 0 Å². The van der Waals surface area contributed by atoms with Crippen LogP contribution in [0.25, 0.3) is 0 Å². The number of hydrogen-bond donors (Lipinski definition) is 4. The van der Waals surface area contributed by atoms with Crippen molar-refractivity contribution in [3.63, 3.8) is 0 Å². The molecule has 4 N–H and O–H groups in total. The van der Waals surface area contributed by atoms with Gasteiger partial charge in [0.1, 0.15) is 17.4 Å². The number of likely N-dealkylation sites (N-methyl/N-ethyl adjacent to an activating group) is 1. The van der Waals surface area contributed by atoms with Crippen molar-refractivity contribution in [2.24, 2.45) is 0 Å². The second kappa shape index (κ2) is 24.6. The first kappa shape index (κ1) is 56.3. The van der Waals surface area contributed by atoms with Gasteiger partial charge in [-0.05, 0) is 87.8 Å². The molecule has 0 saturated carbocycles. The molecule has 0 aromatic heterocycles. The van der Waals surface area contributed by atoms with Gasteiger partial charge in [-0.2, -0.15) is 43.9 Å². The molecule has 3 atom stereocenters. The van der Waals surface area contributed by atoms with Crippen LogP contribution in [-0.2, 0) is 32.8 Å². The third kappa shape index (κ3) is 17.2. The molecule has 9 nitrogen and oxygen atoms in total. The fourth-order valence-electron chi connectivity index (χ4n) is 6.59. The van der Waals surface area contributed by atoms with Gasteiger partial charge in [-0.1, -0.05) is 79.7 Å². The van der Waals surface area contributed by atoms with Crippen molar-refractivity contribution in [3.8, 4) is 5.75 Å². The quantitative estimate of drug-likeness (QED) is 0.0780. The predicted octanol–water partition coefficient (Wildman–Crippen LogP) is 9.44. The molecule has 0 aliphatic carbocycles. The summed E-state index contributed by atoms with van der Waals surface area (Å²) in [5, 5.41) is 13.4. The zero-order valence-electron chi connectivity index (χ0n) is 36.4. The monoisotopic (exact) mass is 954 g/mol. The largest absolute Gasteiger partial charge is 0.480 e. The molecule has 0 heterocycles. The maximum absolute atomic E-state index is 15.0. The first-order chi connectivity index (χ1) is 30.6. The van der Waals surface area contributed by atoms with Crippen molar-refractivity contribution in [1.29, 1.82) is 0 Å². The minimum absolute atomic E-state index is 0.162. The molecule has 2 amide bonds. The minimum Gasteiger partial charge on any atom is -0.480 e. The van der Waals surface area contributed by atoms with Crippen molar-refractivity contribution in [2.75, 3.05) is 13.6 Å². The summed E-state index contributed by atoms with van der Waals surface area (Å²) >= 11 is 0. The van der Waals surface area contributed by atoms with E-state index in [0.29, 0.717) is 41.4 Å². The zero-order chi connectivity index (χ0) is 50.2. The molecule has 0 spiro atoms. The molecule has 0 aliphatic heterocycles. The van der Waals surface area contributed by atoms with E-state index in [1.807, 2.05) is 0 Å². The fraction of sp³-hybridized carbons (Fsp3) is 0.400. The lowest BCUT2D eigenvalue weighted by Crippen LogP contribution is -2.60. The lowest BCUT2D eigenvalue weighted by Gasteiger charge is -2.38. The van der Waals surface area contributed by atoms with Crippen LogP contribution in [-0.4, -0.2) is 90.4 Å². The van der Waals surface area contributed by atoms with Gasteiger partial charge in [-0.25, -0.2) is 8.78 Å². The Morgan fingerprint density at radius 2 is 1.18 bits per heavy atom. The van der Waals surface area contributed by atoms with E-state index >= 15 is 0 Å². The number of halogens is 12. The molecule has 4 aromatic carbocycles. The van der Waals surface area contributed by atoms with E-state index in [1.165, 1.54) is 36.4 Å². The number of nitrogens with one attached hydrogen (secondary N) is 3. The Morgan fingerprint density at radius 1 is 0.682 bits per heavy atom. The Hall–Kier alpha value is -5.83. The SMILES string of the molecule is CCN(C(C)C)C(C)C.CNC(C(=O)O)C(F)(F)F.O=C(Cc1ccccc1)NC(C(=O)N[C@](Cc1ccccc1)(c1ccc(F)cc1)c1cc(F)cc(OC(F)(F)C(F)F)c1)C(F)(F)F. The number of alkyl halides is 10. The molecule has 66 heavy (non-hydrogen) atoms. The molecule has 0 radical (unpaired) electrons. The number of carboxylic acids is 1. The minimum atomic E-state index is -5.38. The lowest BCUT2D eigenvalue weighted by atomic mass is 9.77. The van der Waals surface area contributed by atoms with Crippen molar-refractivity contribution in [3.05, 3.63) is 137 Å². The summed E-state index contributed by atoms with van der Waals surface area (Å²) in [6, 6.07) is 16.5. The van der Waals surface area contributed by atoms with E-state index in [9.17, 15) is 67.1 Å². The summed E-state index contributed by atoms with van der Waals surface area (Å²) in [5.41, 5.74) is -2.37. The van der Waals surface area contributed by atoms with E-state index in [1.54, 1.807) is 34.9 Å². The molecule has 0 saturated heterocycles. The second-order valence-corrected chi connectivity index (χ2v) is 15.0. The van der Waals surface area contributed by atoms with Crippen LogP contribution in [0.15, 0.2) is 103 Å². The number of carboxylic acid groups (broad SMARTS) is 1. The van der Waals surface area contributed by atoms with Crippen LogP contribution in [0.1, 0.15) is 56.9 Å². The van der Waals surface area contributed by atoms with Crippen LogP contribution >= 0.6 is 0 Å². The zero-order valence-corrected chi connectivity index (χ0v) is 36.4. The maximum Gasteiger partial charge on any atom is 0.461 e. The molecule has 4 aromatic rings. The van der Waals surface area contributed by atoms with Gasteiger partial charge in [0.15, 0.2) is 0 Å². The third-order valence-corrected chi connectivity index (χ3v) is 9.51. The van der Waals surface area contributed by atoms with E-state index in [0.717, 1.165) is 37.9 Å². The van der Waals surface area contributed by atoms with Crippen molar-refractivity contribution >= 4 is 17.8 Å². The average Bonchev–Trinajstić information content (AvgIpc) is 3.20. The number of benzene rings is 4. The van der Waals surface area contributed by atoms with E-state index in [-0.39, 0.29) is 5.56 Å². The highest BCUT2D eigenvalue weighted by molar-refractivity contribution is 5.90. The van der Waals surface area contributed by atoms with Crippen LogP contribution in [0, 0.1) is 11.6 Å². The van der Waals surface area contributed by atoms with Crippen molar-refractivity contribution < 1.29 is 76.9 Å². The molecule has 0 aliphatic rings. The highest BCUT2D eigenvalue weighted by Crippen LogP contribution is 2.38. The van der Waals surface area contributed by atoms with E-state index in [4.69, 9.17) is 5.11 Å². The van der Waals surface area contributed by atoms with Crippen LogP contribution in [0.4, 0.5) is 52.7 Å². The van der Waals surface area contributed by atoms with Crippen LogP contribution in [0.2, 0.25) is 0 Å². The van der Waals surface area contributed by atoms with Crippen LogP contribution in [0.5, 0.6) is 5.75 Å². The first-order valence-corrected chi connectivity index (χ1v) is 20.0. The Bertz CT molecular complexity index is 2120. The van der Waals surface area contributed by atoms with Gasteiger partial charge in [-0.15, -0.1) is 0 Å². The molecular formula is C45H50F12N4O5. The Balaban J connectivity index is 0.000000655. The predicted molar refractivity (Wildman–Crippen MR) is 221 cm³/mol. The maximum atomic E-state index is 15.0. The van der Waals surface area contributed by atoms with Gasteiger partial charge < -0.3 is 20.5 Å². The van der Waals surface area contributed by atoms with Gasteiger partial charge in [0, 0.05) is 24.6 Å². The summed E-state index contributed by atoms with van der Waals surface area (Å²) < 4.78 is 164. The number of amides is 2. The number of rotatable bonds is 17. The average molecular weight is 955 g/mol. The third-order valence-electron chi connectivity index (χ3n) is 9.51. The van der Waals surface area contributed by atoms with Crippen molar-refractivity contribution in [2.45, 2.75) is 102 Å². The van der Waals surface area contributed by atoms with E-state index < -0.39 is 96.1 Å². The molecule has 4 rings (SSSR count). The summed E-state index contributed by atoms with van der Waals surface area (Å²) in [6.07, 6.45) is -20.6. The summed E-state index contributed by atoms with van der Waals surface area (Å²) in [5.74, 6) is -8.27. The molecule has 364 valence electrons. The molecule has 0 bridgehead atoms. The molecule has 2 unspecified atom stereocenters. The fourth-order valence-corrected chi connectivity index (χ4v) is 6.59. The number of carbonyl (C=O) groups excluding carboxylic acids is 2. The topological polar surface area (TPSA) is 120 Å². The highest BCUT2D eigenvalue weighted by atomic mass is 19.4. The van der Waals surface area contributed by atoms with Gasteiger partial charge in [-0.3, -0.25) is 24.6 Å². The number of carbonyl (C=O) groups is 3. The Kier molecular flexibility index (Phi) is 21.0. The normalized spacial score (nSPS) is 13.7. The Labute approximate surface area is 373 Å². The number of hydrogen-bond acceptors (Lipinski definition) is 6. The lowest BCUT2D eigenvalue weighted by molar-refractivity contribution is -0.253. The number of nitrogens with zero attached hydrogens (tertiary/aromatic N) is 1.